The number of aliphatic carboxylic acids is 8. The van der Waals surface area contributed by atoms with Gasteiger partial charge in [0.25, 0.3) is 0 Å². The Hall–Kier alpha value is 0.409. The molecule has 0 aromatic heterocycles. The molecule has 0 aromatic rings. The van der Waals surface area contributed by atoms with Gasteiger partial charge in [0.1, 0.15) is 0 Å². The van der Waals surface area contributed by atoms with Gasteiger partial charge in [-0.1, -0.05) is 0 Å². The fourth-order valence-electron chi connectivity index (χ4n) is 2.91. The molecule has 0 aromatic carbocycles. The fraction of sp³-hybridized carbons (Fsp3) is 0.600. The number of carboxylic acid groups (broad SMARTS) is 8. The van der Waals surface area contributed by atoms with Crippen LogP contribution in [0.2, 0.25) is 0 Å². The smallest absolute Gasteiger partial charge is 1.00 e. The molecule has 0 atom stereocenters. The molecule has 20 nitrogen and oxygen atoms in total. The second-order valence-corrected chi connectivity index (χ2v) is 7.88. The molecular weight excluding hydrogens is 714 g/mol. The van der Waals surface area contributed by atoms with Crippen molar-refractivity contribution in [2.24, 2.45) is 0 Å². The Labute approximate surface area is 367 Å². The molecule has 0 heterocycles. The van der Waals surface area contributed by atoms with Crippen molar-refractivity contribution >= 4 is 123 Å². The van der Waals surface area contributed by atoms with E-state index in [1.54, 1.807) is 0 Å². The molecule has 0 bridgehead atoms. The SMILES string of the molecule is O=C([O-])CN(CCN(CC(=O)O)CC(=O)O)CC(=O)O.O=C([O-])CN(CCN(CC(=O)[O-])CC(=O)[O-])CC(=O)[O-].[Ca+2].[Ca+2].[Cl-].[Na+].[Na+]. The van der Waals surface area contributed by atoms with Crippen LogP contribution >= 0.6 is 0 Å². The van der Waals surface area contributed by atoms with Gasteiger partial charge in [-0.2, -0.15) is 0 Å². The first-order chi connectivity index (χ1) is 18.4. The van der Waals surface area contributed by atoms with E-state index >= 15 is 0 Å². The van der Waals surface area contributed by atoms with Crippen LogP contribution in [0, 0.1) is 0 Å². The molecule has 3 N–H and O–H groups in total. The molecule has 0 unspecified atom stereocenters. The maximum Gasteiger partial charge on any atom is 2.00 e. The summed E-state index contributed by atoms with van der Waals surface area (Å²) >= 11 is 0. The molecule has 0 fully saturated rings. The quantitative estimate of drug-likeness (QED) is 0.0867. The Balaban J connectivity index is -0.000000116. The van der Waals surface area contributed by atoms with Gasteiger partial charge in [-0.15, -0.1) is 0 Å². The summed E-state index contributed by atoms with van der Waals surface area (Å²) < 4.78 is 0. The van der Waals surface area contributed by atoms with Crippen molar-refractivity contribution in [3.05, 3.63) is 0 Å². The molecule has 0 rings (SSSR count). The van der Waals surface area contributed by atoms with Gasteiger partial charge < -0.3 is 77.2 Å². The van der Waals surface area contributed by atoms with Crippen molar-refractivity contribution < 1.29 is 151 Å². The largest absolute Gasteiger partial charge is 2.00 e. The number of carbonyl (C=O) groups excluding carboxylic acids is 5. The molecule has 0 saturated carbocycles. The Bertz CT molecular complexity index is 733. The van der Waals surface area contributed by atoms with Crippen LogP contribution < -0.4 is 97.1 Å². The van der Waals surface area contributed by atoms with Crippen LogP contribution in [-0.4, -0.2) is 237 Å². The third-order valence-corrected chi connectivity index (χ3v) is 4.31. The van der Waals surface area contributed by atoms with E-state index < -0.39 is 100 Å². The van der Waals surface area contributed by atoms with Gasteiger partial charge >= 0.3 is 152 Å². The van der Waals surface area contributed by atoms with Crippen molar-refractivity contribution in [2.75, 3.05) is 78.5 Å². The van der Waals surface area contributed by atoms with Gasteiger partial charge in [-0.05, 0) is 0 Å². The average Bonchev–Trinajstić information content (AvgIpc) is 2.72. The van der Waals surface area contributed by atoms with E-state index in [0.29, 0.717) is 0 Å². The van der Waals surface area contributed by atoms with Crippen molar-refractivity contribution in [2.45, 2.75) is 0 Å². The van der Waals surface area contributed by atoms with E-state index in [0.717, 1.165) is 19.6 Å². The molecule has 0 spiro atoms. The van der Waals surface area contributed by atoms with Crippen LogP contribution in [0.4, 0.5) is 0 Å². The van der Waals surface area contributed by atoms with Gasteiger partial charge in [0.2, 0.25) is 0 Å². The van der Waals surface area contributed by atoms with Crippen LogP contribution in [0.3, 0.4) is 0 Å². The first kappa shape index (κ1) is 60.7. The number of hydrogen-bond acceptors (Lipinski definition) is 17. The summed E-state index contributed by atoms with van der Waals surface area (Å²) in [6.45, 7) is -5.75. The summed E-state index contributed by atoms with van der Waals surface area (Å²) in [5, 5.41) is 77.9. The number of carbonyl (C=O) groups is 8. The van der Waals surface area contributed by atoms with Gasteiger partial charge in [-0.25, -0.2) is 0 Å². The average molecular weight is 741 g/mol. The maximum atomic E-state index is 10.5. The summed E-state index contributed by atoms with van der Waals surface area (Å²) in [4.78, 5) is 87.6. The zero-order valence-electron chi connectivity index (χ0n) is 24.7. The van der Waals surface area contributed by atoms with Crippen molar-refractivity contribution in [3.63, 3.8) is 0 Å². The Kier molecular flexibility index (Phi) is 48.2. The van der Waals surface area contributed by atoms with Gasteiger partial charge in [0, 0.05) is 58.9 Å². The molecule has 0 aliphatic carbocycles. The van der Waals surface area contributed by atoms with Crippen molar-refractivity contribution in [3.8, 4) is 0 Å². The zero-order chi connectivity index (χ0) is 31.4. The van der Waals surface area contributed by atoms with Crippen LogP contribution in [0.25, 0.3) is 0 Å². The Morgan fingerprint density at radius 2 is 0.511 bits per heavy atom. The van der Waals surface area contributed by atoms with Crippen LogP contribution in [-0.2, 0) is 38.4 Å². The van der Waals surface area contributed by atoms with Gasteiger partial charge in [0.05, 0.1) is 49.5 Å². The number of halogens is 1. The second-order valence-electron chi connectivity index (χ2n) is 7.88. The second kappa shape index (κ2) is 35.7. The van der Waals surface area contributed by atoms with Gasteiger partial charge in [0.15, 0.2) is 0 Å². The predicted octanol–water partition coefficient (Wildman–Crippen LogP) is -20.6. The minimum atomic E-state index is -1.53. The molecular formula is C20H27Ca2ClN4Na2O16. The third-order valence-electron chi connectivity index (χ3n) is 4.31. The summed E-state index contributed by atoms with van der Waals surface area (Å²) in [5.41, 5.74) is 0. The topological polar surface area (TPSA) is 326 Å². The third kappa shape index (κ3) is 44.4. The minimum absolute atomic E-state index is 0. The van der Waals surface area contributed by atoms with E-state index in [-0.39, 0.29) is 173 Å². The summed E-state index contributed by atoms with van der Waals surface area (Å²) in [6, 6.07) is 0. The first-order valence-electron chi connectivity index (χ1n) is 10.9. The summed E-state index contributed by atoms with van der Waals surface area (Å²) in [5.74, 6) is -11.3. The molecule has 236 valence electrons. The zero-order valence-corrected chi connectivity index (χ0v) is 33.9. The molecule has 0 aliphatic rings. The fourth-order valence-corrected chi connectivity index (χ4v) is 2.91. The first-order valence-corrected chi connectivity index (χ1v) is 10.9. The van der Waals surface area contributed by atoms with E-state index in [1.807, 2.05) is 0 Å². The molecule has 0 saturated heterocycles. The predicted molar refractivity (Wildman–Crippen MR) is 125 cm³/mol. The maximum absolute atomic E-state index is 10.5. The van der Waals surface area contributed by atoms with E-state index in [1.165, 1.54) is 0 Å². The number of rotatable bonds is 22. The summed E-state index contributed by atoms with van der Waals surface area (Å²) in [7, 11) is 0. The molecule has 0 aliphatic heterocycles. The van der Waals surface area contributed by atoms with Crippen molar-refractivity contribution in [1.29, 1.82) is 0 Å². The number of carboxylic acids is 8. The monoisotopic (exact) mass is 740 g/mol. The molecule has 25 heteroatoms. The van der Waals surface area contributed by atoms with Crippen LogP contribution in [0.15, 0.2) is 0 Å². The summed E-state index contributed by atoms with van der Waals surface area (Å²) in [6.07, 6.45) is 0. The molecule has 0 amide bonds. The normalized spacial score (nSPS) is 9.51. The Morgan fingerprint density at radius 3 is 0.644 bits per heavy atom. The Morgan fingerprint density at radius 1 is 0.378 bits per heavy atom. The van der Waals surface area contributed by atoms with E-state index in [4.69, 9.17) is 15.3 Å². The van der Waals surface area contributed by atoms with E-state index in [2.05, 4.69) is 0 Å². The molecule has 0 radical (unpaired) electrons. The van der Waals surface area contributed by atoms with E-state index in [9.17, 15) is 63.9 Å². The minimum Gasteiger partial charge on any atom is -1.00 e. The number of hydrogen-bond donors (Lipinski definition) is 3. The van der Waals surface area contributed by atoms with Gasteiger partial charge in [-0.3, -0.25) is 34.0 Å². The molecule has 45 heavy (non-hydrogen) atoms. The van der Waals surface area contributed by atoms with Crippen molar-refractivity contribution in [1.82, 2.24) is 19.6 Å². The standard InChI is InChI=1S/2C10H16N2O8.2Ca.ClH.2Na/c2*13-7(14)3-11(4-8(15)16)1-2-12(5-9(17)18)6-10(19)20;;;;;/h2*1-6H2,(H,13,14)(H,15,16)(H,17,18)(H,19,20);;;1H;;/q;;2*+2;;2*+1/p-6. The van der Waals surface area contributed by atoms with Crippen LogP contribution in [0.1, 0.15) is 0 Å². The number of nitrogens with zero attached hydrogens (tertiary/aromatic N) is 4. The van der Waals surface area contributed by atoms with Crippen LogP contribution in [0.5, 0.6) is 0 Å².